The van der Waals surface area contributed by atoms with Gasteiger partial charge < -0.3 is 4.98 Å². The SMILES string of the molecule is CCCC(C)c1cccc(=O)[nH]1. The molecule has 1 aromatic heterocycles. The minimum absolute atomic E-state index is 0.00421. The first-order valence-electron chi connectivity index (χ1n) is 4.43. The standard InChI is InChI=1S/C10H15NO/c1-3-5-8(2)9-6-4-7-10(12)11-9/h4,6-8H,3,5H2,1-2H3,(H,11,12). The van der Waals surface area contributed by atoms with Crippen molar-refractivity contribution in [3.8, 4) is 0 Å². The van der Waals surface area contributed by atoms with Crippen LogP contribution in [0.4, 0.5) is 0 Å². The number of hydrogen-bond acceptors (Lipinski definition) is 1. The number of aromatic amines is 1. The summed E-state index contributed by atoms with van der Waals surface area (Å²) in [5.41, 5.74) is 1.04. The van der Waals surface area contributed by atoms with E-state index < -0.39 is 0 Å². The van der Waals surface area contributed by atoms with Gasteiger partial charge in [-0.1, -0.05) is 26.3 Å². The zero-order chi connectivity index (χ0) is 8.97. The Labute approximate surface area is 72.6 Å². The van der Waals surface area contributed by atoms with Gasteiger partial charge in [-0.15, -0.1) is 0 Å². The van der Waals surface area contributed by atoms with Gasteiger partial charge >= 0.3 is 0 Å². The Morgan fingerprint density at radius 3 is 2.83 bits per heavy atom. The van der Waals surface area contributed by atoms with Gasteiger partial charge in [-0.3, -0.25) is 4.79 Å². The van der Waals surface area contributed by atoms with Crippen molar-refractivity contribution >= 4 is 0 Å². The van der Waals surface area contributed by atoms with Gasteiger partial charge in [0, 0.05) is 11.8 Å². The molecule has 1 rings (SSSR count). The highest BCUT2D eigenvalue weighted by molar-refractivity contribution is 5.08. The number of pyridine rings is 1. The van der Waals surface area contributed by atoms with Crippen LogP contribution in [0.1, 0.15) is 38.3 Å². The molecule has 12 heavy (non-hydrogen) atoms. The van der Waals surface area contributed by atoms with Gasteiger partial charge in [0.05, 0.1) is 0 Å². The van der Waals surface area contributed by atoms with E-state index in [2.05, 4.69) is 18.8 Å². The summed E-state index contributed by atoms with van der Waals surface area (Å²) >= 11 is 0. The summed E-state index contributed by atoms with van der Waals surface area (Å²) in [4.78, 5) is 13.8. The van der Waals surface area contributed by atoms with Crippen LogP contribution < -0.4 is 5.56 Å². The number of nitrogens with one attached hydrogen (secondary N) is 1. The molecule has 2 heteroatoms. The fourth-order valence-corrected chi connectivity index (χ4v) is 1.34. The van der Waals surface area contributed by atoms with Gasteiger partial charge in [-0.2, -0.15) is 0 Å². The predicted octanol–water partition coefficient (Wildman–Crippen LogP) is 2.28. The Hall–Kier alpha value is -1.05. The Bertz CT molecular complexity index is 290. The average molecular weight is 165 g/mol. The summed E-state index contributed by atoms with van der Waals surface area (Å²) in [7, 11) is 0. The van der Waals surface area contributed by atoms with E-state index in [4.69, 9.17) is 0 Å². The second-order valence-electron chi connectivity index (χ2n) is 3.16. The fraction of sp³-hybridized carbons (Fsp3) is 0.500. The second kappa shape index (κ2) is 4.10. The topological polar surface area (TPSA) is 32.9 Å². The van der Waals surface area contributed by atoms with Crippen molar-refractivity contribution in [3.05, 3.63) is 34.2 Å². The summed E-state index contributed by atoms with van der Waals surface area (Å²) in [6.45, 7) is 4.28. The highest BCUT2D eigenvalue weighted by atomic mass is 16.1. The predicted molar refractivity (Wildman–Crippen MR) is 50.4 cm³/mol. The van der Waals surface area contributed by atoms with Crippen LogP contribution in [-0.4, -0.2) is 4.98 Å². The maximum Gasteiger partial charge on any atom is 0.248 e. The molecule has 0 spiro atoms. The van der Waals surface area contributed by atoms with E-state index in [1.165, 1.54) is 0 Å². The van der Waals surface area contributed by atoms with E-state index in [0.29, 0.717) is 5.92 Å². The molecule has 66 valence electrons. The van der Waals surface area contributed by atoms with Crippen LogP contribution in [0.25, 0.3) is 0 Å². The normalized spacial score (nSPS) is 12.8. The van der Waals surface area contributed by atoms with Crippen molar-refractivity contribution in [3.63, 3.8) is 0 Å². The molecule has 0 aromatic carbocycles. The van der Waals surface area contributed by atoms with E-state index in [1.54, 1.807) is 12.1 Å². The Balaban J connectivity index is 2.80. The summed E-state index contributed by atoms with van der Waals surface area (Å²) in [6, 6.07) is 5.32. The molecule has 0 aliphatic heterocycles. The molecular weight excluding hydrogens is 150 g/mol. The minimum Gasteiger partial charge on any atom is -0.326 e. The first kappa shape index (κ1) is 9.04. The molecule has 1 N–H and O–H groups in total. The molecule has 0 aliphatic carbocycles. The Kier molecular flexibility index (Phi) is 3.09. The lowest BCUT2D eigenvalue weighted by Crippen LogP contribution is -2.08. The average Bonchev–Trinajstić information content (AvgIpc) is 2.05. The molecule has 0 saturated carbocycles. The second-order valence-corrected chi connectivity index (χ2v) is 3.16. The first-order chi connectivity index (χ1) is 5.74. The van der Waals surface area contributed by atoms with E-state index in [9.17, 15) is 4.79 Å². The lowest BCUT2D eigenvalue weighted by molar-refractivity contribution is 0.645. The summed E-state index contributed by atoms with van der Waals surface area (Å²) in [5, 5.41) is 0. The number of rotatable bonds is 3. The van der Waals surface area contributed by atoms with Crippen LogP contribution in [-0.2, 0) is 0 Å². The molecule has 1 atom stereocenters. The van der Waals surface area contributed by atoms with Gasteiger partial charge in [0.25, 0.3) is 0 Å². The maximum atomic E-state index is 10.9. The Morgan fingerprint density at radius 1 is 1.50 bits per heavy atom. The van der Waals surface area contributed by atoms with Crippen LogP contribution in [0.15, 0.2) is 23.0 Å². The van der Waals surface area contributed by atoms with E-state index in [1.807, 2.05) is 6.07 Å². The lowest BCUT2D eigenvalue weighted by atomic mass is 10.0. The molecule has 0 aliphatic rings. The van der Waals surface area contributed by atoms with E-state index >= 15 is 0 Å². The third kappa shape index (κ3) is 2.22. The maximum absolute atomic E-state index is 10.9. The number of hydrogen-bond donors (Lipinski definition) is 1. The van der Waals surface area contributed by atoms with Crippen molar-refractivity contribution in [2.24, 2.45) is 0 Å². The molecule has 1 unspecified atom stereocenters. The van der Waals surface area contributed by atoms with Gasteiger partial charge in [0.2, 0.25) is 5.56 Å². The van der Waals surface area contributed by atoms with Gasteiger partial charge in [0.1, 0.15) is 0 Å². The fourth-order valence-electron chi connectivity index (χ4n) is 1.34. The van der Waals surface area contributed by atoms with Crippen molar-refractivity contribution in [1.82, 2.24) is 4.98 Å². The smallest absolute Gasteiger partial charge is 0.248 e. The minimum atomic E-state index is -0.00421. The van der Waals surface area contributed by atoms with Crippen LogP contribution in [0.2, 0.25) is 0 Å². The largest absolute Gasteiger partial charge is 0.326 e. The van der Waals surface area contributed by atoms with E-state index in [-0.39, 0.29) is 5.56 Å². The van der Waals surface area contributed by atoms with E-state index in [0.717, 1.165) is 18.5 Å². The molecule has 0 amide bonds. The summed E-state index contributed by atoms with van der Waals surface area (Å²) in [5.74, 6) is 0.462. The van der Waals surface area contributed by atoms with Crippen molar-refractivity contribution < 1.29 is 0 Å². The monoisotopic (exact) mass is 165 g/mol. The highest BCUT2D eigenvalue weighted by Gasteiger charge is 2.03. The highest BCUT2D eigenvalue weighted by Crippen LogP contribution is 2.16. The lowest BCUT2D eigenvalue weighted by Gasteiger charge is -2.08. The van der Waals surface area contributed by atoms with Crippen molar-refractivity contribution in [2.75, 3.05) is 0 Å². The molecule has 1 heterocycles. The molecule has 2 nitrogen and oxygen atoms in total. The summed E-state index contributed by atoms with van der Waals surface area (Å²) in [6.07, 6.45) is 2.28. The van der Waals surface area contributed by atoms with Gasteiger partial charge in [-0.05, 0) is 18.4 Å². The van der Waals surface area contributed by atoms with Crippen molar-refractivity contribution in [2.45, 2.75) is 32.6 Å². The van der Waals surface area contributed by atoms with Crippen LogP contribution in [0.3, 0.4) is 0 Å². The molecule has 1 aromatic rings. The number of H-pyrrole nitrogens is 1. The quantitative estimate of drug-likeness (QED) is 0.732. The molecule has 0 fully saturated rings. The third-order valence-corrected chi connectivity index (χ3v) is 2.04. The van der Waals surface area contributed by atoms with Crippen LogP contribution in [0.5, 0.6) is 0 Å². The summed E-state index contributed by atoms with van der Waals surface area (Å²) < 4.78 is 0. The first-order valence-corrected chi connectivity index (χ1v) is 4.43. The molecule has 0 bridgehead atoms. The van der Waals surface area contributed by atoms with Crippen LogP contribution >= 0.6 is 0 Å². The Morgan fingerprint density at radius 2 is 2.25 bits per heavy atom. The third-order valence-electron chi connectivity index (χ3n) is 2.04. The molecular formula is C10H15NO. The zero-order valence-electron chi connectivity index (χ0n) is 7.63. The zero-order valence-corrected chi connectivity index (χ0v) is 7.63. The molecule has 0 saturated heterocycles. The number of aromatic nitrogens is 1. The van der Waals surface area contributed by atoms with Gasteiger partial charge in [0.15, 0.2) is 0 Å². The van der Waals surface area contributed by atoms with Gasteiger partial charge in [-0.25, -0.2) is 0 Å². The molecule has 0 radical (unpaired) electrons. The van der Waals surface area contributed by atoms with Crippen LogP contribution in [0, 0.1) is 0 Å². The van der Waals surface area contributed by atoms with Crippen molar-refractivity contribution in [1.29, 1.82) is 0 Å².